The molecule has 1 aliphatic heterocycles. The zero-order valence-electron chi connectivity index (χ0n) is 4.27. The molecule has 0 saturated carbocycles. The van der Waals surface area contributed by atoms with Crippen LogP contribution in [0.5, 0.6) is 0 Å². The summed E-state index contributed by atoms with van der Waals surface area (Å²) >= 11 is 0. The molecule has 0 aliphatic carbocycles. The van der Waals surface area contributed by atoms with Gasteiger partial charge in [0.05, 0.1) is 0 Å². The van der Waals surface area contributed by atoms with Gasteiger partial charge in [-0.15, -0.1) is 0 Å². The molecule has 1 rings (SSSR count). The molecule has 0 aromatic rings. The Kier molecular flexibility index (Phi) is 1.34. The predicted octanol–water partition coefficient (Wildman–Crippen LogP) is 0.853. The van der Waals surface area contributed by atoms with Gasteiger partial charge in [-0.1, -0.05) is 0 Å². The molecule has 0 bridgehead atoms. The maximum Gasteiger partial charge on any atom is 0.414 e. The average molecular weight is 138 g/mol. The smallest absolute Gasteiger partial charge is 0.414 e. The summed E-state index contributed by atoms with van der Waals surface area (Å²) in [6.45, 7) is -0.427. The first-order valence-electron chi connectivity index (χ1n) is 2.24. The van der Waals surface area contributed by atoms with E-state index in [9.17, 15) is 13.2 Å². The SMILES string of the molecule is FC(F)(F)C1CO[C]=N1. The predicted molar refractivity (Wildman–Crippen MR) is 23.2 cm³/mol. The summed E-state index contributed by atoms with van der Waals surface area (Å²) in [5, 5.41) is 0. The van der Waals surface area contributed by atoms with Gasteiger partial charge in [-0.3, -0.25) is 0 Å². The van der Waals surface area contributed by atoms with Crippen LogP contribution in [0, 0.1) is 0 Å². The standard InChI is InChI=1S/C4H3F3NO/c5-4(6,7)3-1-9-2-8-3/h3H,1H2. The summed E-state index contributed by atoms with van der Waals surface area (Å²) in [6.07, 6.45) is -2.49. The van der Waals surface area contributed by atoms with Crippen molar-refractivity contribution in [3.8, 4) is 0 Å². The third kappa shape index (κ3) is 1.34. The van der Waals surface area contributed by atoms with Crippen LogP contribution < -0.4 is 0 Å². The van der Waals surface area contributed by atoms with E-state index in [-0.39, 0.29) is 0 Å². The minimum absolute atomic E-state index is 0.427. The molecule has 1 heterocycles. The quantitative estimate of drug-likeness (QED) is 0.486. The third-order valence-corrected chi connectivity index (χ3v) is 0.892. The van der Waals surface area contributed by atoms with Crippen LogP contribution in [-0.4, -0.2) is 25.2 Å². The van der Waals surface area contributed by atoms with Crippen molar-refractivity contribution in [2.45, 2.75) is 12.2 Å². The highest BCUT2D eigenvalue weighted by Gasteiger charge is 2.41. The van der Waals surface area contributed by atoms with Crippen molar-refractivity contribution in [2.24, 2.45) is 4.99 Å². The summed E-state index contributed by atoms with van der Waals surface area (Å²) in [5.41, 5.74) is 0. The number of halogens is 3. The summed E-state index contributed by atoms with van der Waals surface area (Å²) in [7, 11) is 0. The Morgan fingerprint density at radius 2 is 2.22 bits per heavy atom. The van der Waals surface area contributed by atoms with E-state index in [0.29, 0.717) is 0 Å². The Balaban J connectivity index is 2.53. The molecule has 0 aromatic heterocycles. The van der Waals surface area contributed by atoms with Crippen LogP contribution in [0.4, 0.5) is 13.2 Å². The number of nitrogens with zero attached hydrogens (tertiary/aromatic N) is 1. The molecule has 1 radical (unpaired) electrons. The molecule has 0 saturated heterocycles. The molecule has 1 unspecified atom stereocenters. The molecule has 9 heavy (non-hydrogen) atoms. The maximum absolute atomic E-state index is 11.5. The largest absolute Gasteiger partial charge is 0.471 e. The van der Waals surface area contributed by atoms with Gasteiger partial charge < -0.3 is 4.74 Å². The fourth-order valence-corrected chi connectivity index (χ4v) is 0.422. The summed E-state index contributed by atoms with van der Waals surface area (Å²) in [4.78, 5) is 2.91. The highest BCUT2D eigenvalue weighted by atomic mass is 19.4. The maximum atomic E-state index is 11.5. The van der Waals surface area contributed by atoms with Crippen LogP contribution in [-0.2, 0) is 4.74 Å². The van der Waals surface area contributed by atoms with Gasteiger partial charge in [0.2, 0.25) is 0 Å². The molecule has 1 aliphatic rings. The van der Waals surface area contributed by atoms with Gasteiger partial charge in [0.1, 0.15) is 6.61 Å². The first kappa shape index (κ1) is 6.38. The van der Waals surface area contributed by atoms with Crippen molar-refractivity contribution in [3.63, 3.8) is 0 Å². The van der Waals surface area contributed by atoms with E-state index in [1.165, 1.54) is 0 Å². The highest BCUT2D eigenvalue weighted by molar-refractivity contribution is 5.49. The lowest BCUT2D eigenvalue weighted by Crippen LogP contribution is -2.27. The van der Waals surface area contributed by atoms with Gasteiger partial charge in [0.25, 0.3) is 6.40 Å². The minimum atomic E-state index is -4.27. The number of ether oxygens (including phenoxy) is 1. The Bertz CT molecular complexity index is 130. The van der Waals surface area contributed by atoms with Crippen molar-refractivity contribution >= 4 is 6.40 Å². The van der Waals surface area contributed by atoms with Crippen LogP contribution in [0.15, 0.2) is 4.99 Å². The van der Waals surface area contributed by atoms with Crippen LogP contribution in [0.1, 0.15) is 0 Å². The molecular formula is C4H3F3NO. The first-order valence-corrected chi connectivity index (χ1v) is 2.24. The Morgan fingerprint density at radius 3 is 2.44 bits per heavy atom. The second kappa shape index (κ2) is 1.89. The van der Waals surface area contributed by atoms with Crippen molar-refractivity contribution in [1.82, 2.24) is 0 Å². The average Bonchev–Trinajstić information content (AvgIpc) is 2.08. The lowest BCUT2D eigenvalue weighted by atomic mass is 10.3. The van der Waals surface area contributed by atoms with Gasteiger partial charge in [0.15, 0.2) is 6.04 Å². The molecule has 0 fully saturated rings. The van der Waals surface area contributed by atoms with Crippen molar-refractivity contribution in [3.05, 3.63) is 0 Å². The van der Waals surface area contributed by atoms with E-state index in [1.54, 1.807) is 6.40 Å². The topological polar surface area (TPSA) is 21.6 Å². The lowest BCUT2D eigenvalue weighted by Gasteiger charge is -2.08. The molecule has 51 valence electrons. The molecule has 2 nitrogen and oxygen atoms in total. The zero-order chi connectivity index (χ0) is 6.91. The van der Waals surface area contributed by atoms with Crippen molar-refractivity contribution in [2.75, 3.05) is 6.61 Å². The van der Waals surface area contributed by atoms with Gasteiger partial charge >= 0.3 is 6.18 Å². The summed E-state index contributed by atoms with van der Waals surface area (Å²) in [6, 6.07) is -1.70. The third-order valence-electron chi connectivity index (χ3n) is 0.892. The molecule has 0 N–H and O–H groups in total. The van der Waals surface area contributed by atoms with E-state index < -0.39 is 18.8 Å². The fraction of sp³-hybridized carbons (Fsp3) is 0.750. The number of aliphatic imine (C=N–C) groups is 1. The lowest BCUT2D eigenvalue weighted by molar-refractivity contribution is -0.148. The summed E-state index contributed by atoms with van der Waals surface area (Å²) < 4.78 is 38.8. The Hall–Kier alpha value is -0.740. The molecule has 1 atom stereocenters. The molecule has 0 aromatic carbocycles. The van der Waals surface area contributed by atoms with Crippen molar-refractivity contribution < 1.29 is 17.9 Å². The fourth-order valence-electron chi connectivity index (χ4n) is 0.422. The van der Waals surface area contributed by atoms with Crippen LogP contribution >= 0.6 is 0 Å². The Labute approximate surface area is 49.3 Å². The van der Waals surface area contributed by atoms with Gasteiger partial charge in [0, 0.05) is 0 Å². The van der Waals surface area contributed by atoms with E-state index in [0.717, 1.165) is 0 Å². The van der Waals surface area contributed by atoms with Gasteiger partial charge in [-0.2, -0.15) is 13.2 Å². The van der Waals surface area contributed by atoms with Crippen LogP contribution in [0.25, 0.3) is 0 Å². The van der Waals surface area contributed by atoms with Crippen LogP contribution in [0.3, 0.4) is 0 Å². The monoisotopic (exact) mass is 138 g/mol. The summed E-state index contributed by atoms with van der Waals surface area (Å²) in [5.74, 6) is 0. The molecular weight excluding hydrogens is 135 g/mol. The number of alkyl halides is 3. The van der Waals surface area contributed by atoms with Gasteiger partial charge in [-0.25, -0.2) is 4.99 Å². The van der Waals surface area contributed by atoms with Crippen LogP contribution in [0.2, 0.25) is 0 Å². The first-order chi connectivity index (χ1) is 4.11. The number of rotatable bonds is 0. The minimum Gasteiger partial charge on any atom is -0.471 e. The second-order valence-electron chi connectivity index (χ2n) is 1.59. The van der Waals surface area contributed by atoms with E-state index in [1.807, 2.05) is 0 Å². The number of hydrogen-bond acceptors (Lipinski definition) is 2. The molecule has 5 heteroatoms. The Morgan fingerprint density at radius 1 is 1.56 bits per heavy atom. The molecule has 0 amide bonds. The second-order valence-corrected chi connectivity index (χ2v) is 1.59. The normalized spacial score (nSPS) is 26.3. The zero-order valence-corrected chi connectivity index (χ0v) is 4.27. The molecule has 0 spiro atoms. The van der Waals surface area contributed by atoms with Crippen molar-refractivity contribution in [1.29, 1.82) is 0 Å². The van der Waals surface area contributed by atoms with Gasteiger partial charge in [-0.05, 0) is 0 Å². The van der Waals surface area contributed by atoms with E-state index >= 15 is 0 Å². The van der Waals surface area contributed by atoms with E-state index in [2.05, 4.69) is 9.73 Å². The highest BCUT2D eigenvalue weighted by Crippen LogP contribution is 2.24. The van der Waals surface area contributed by atoms with E-state index in [4.69, 9.17) is 0 Å². The number of hydrogen-bond donors (Lipinski definition) is 0.